The van der Waals surface area contributed by atoms with Crippen molar-refractivity contribution in [3.63, 3.8) is 0 Å². The van der Waals surface area contributed by atoms with Crippen molar-refractivity contribution < 1.29 is 42.5 Å². The number of fused-ring (bicyclic) bond motifs is 2. The van der Waals surface area contributed by atoms with Gasteiger partial charge in [-0.3, -0.25) is 0 Å². The van der Waals surface area contributed by atoms with E-state index in [1.165, 1.54) is 14.2 Å². The van der Waals surface area contributed by atoms with E-state index in [-0.39, 0.29) is 0 Å². The lowest BCUT2D eigenvalue weighted by Gasteiger charge is -2.50. The first kappa shape index (κ1) is 22.2. The Morgan fingerprint density at radius 3 is 1.52 bits per heavy atom. The van der Waals surface area contributed by atoms with Gasteiger partial charge in [-0.05, 0) is 26.2 Å². The number of hydrogen-bond acceptors (Lipinski definition) is 10. The van der Waals surface area contributed by atoms with Gasteiger partial charge in [0.05, 0.1) is 0 Å². The lowest BCUT2D eigenvalue weighted by molar-refractivity contribution is 0.0255. The molecule has 4 atom stereocenters. The molecule has 2 aliphatic rings. The maximum Gasteiger partial charge on any atom is 0.660 e. The van der Waals surface area contributed by atoms with Gasteiger partial charge in [-0.1, -0.05) is 0 Å². The fourth-order valence-corrected chi connectivity index (χ4v) is 30.1. The van der Waals surface area contributed by atoms with Gasteiger partial charge in [0.2, 0.25) is 0 Å². The maximum atomic E-state index is 10.7. The summed E-state index contributed by atoms with van der Waals surface area (Å²) in [7, 11) is -16.7. The van der Waals surface area contributed by atoms with Crippen molar-refractivity contribution >= 4 is 52.6 Å². The van der Waals surface area contributed by atoms with E-state index < -0.39 is 52.6 Å². The average Bonchev–Trinajstić information content (AvgIpc) is 2.30. The van der Waals surface area contributed by atoms with E-state index in [2.05, 4.69) is 0 Å². The molecule has 148 valence electrons. The van der Waals surface area contributed by atoms with Gasteiger partial charge in [0.1, 0.15) is 0 Å². The van der Waals surface area contributed by atoms with Crippen LogP contribution in [0.5, 0.6) is 0 Å². The van der Waals surface area contributed by atoms with Gasteiger partial charge in [0.15, 0.2) is 0 Å². The Bertz CT molecular complexity index is 485. The zero-order valence-corrected chi connectivity index (χ0v) is 22.1. The summed E-state index contributed by atoms with van der Waals surface area (Å²) in [6.45, 7) is 12.4. The topological polar surface area (TPSA) is 103 Å². The summed E-state index contributed by atoms with van der Waals surface area (Å²) in [5.74, 6) is 0. The van der Waals surface area contributed by atoms with Crippen LogP contribution in [0.15, 0.2) is 0 Å². The smallest absolute Gasteiger partial charge is 0.395 e. The molecule has 0 radical (unpaired) electrons. The van der Waals surface area contributed by atoms with Gasteiger partial charge in [-0.15, -0.1) is 0 Å². The third-order valence-electron chi connectivity index (χ3n) is 3.35. The number of hydrogen-bond donors (Lipinski definition) is 1. The summed E-state index contributed by atoms with van der Waals surface area (Å²) in [6, 6.07) is 0. The van der Waals surface area contributed by atoms with Crippen LogP contribution in [-0.2, 0) is 37.7 Å². The van der Waals surface area contributed by atoms with E-state index in [1.54, 1.807) is 32.7 Å². The molecular formula is C9H28O10Si6. The van der Waals surface area contributed by atoms with Crippen LogP contribution in [0, 0.1) is 0 Å². The first-order valence-corrected chi connectivity index (χ1v) is 21.8. The predicted molar refractivity (Wildman–Crippen MR) is 99.4 cm³/mol. The molecule has 25 heavy (non-hydrogen) atoms. The Kier molecular flexibility index (Phi) is 5.99. The molecule has 2 bridgehead atoms. The first-order chi connectivity index (χ1) is 11.1. The van der Waals surface area contributed by atoms with Crippen molar-refractivity contribution in [2.45, 2.75) is 45.8 Å². The molecule has 0 amide bonds. The van der Waals surface area contributed by atoms with Gasteiger partial charge < -0.3 is 42.5 Å². The second-order valence-corrected chi connectivity index (χ2v) is 25.4. The molecule has 0 saturated carbocycles. The molecule has 0 aliphatic carbocycles. The van der Waals surface area contributed by atoms with E-state index in [0.717, 1.165) is 0 Å². The molecule has 0 aromatic rings. The second-order valence-electron chi connectivity index (χ2n) is 7.03. The monoisotopic (exact) mass is 464 g/mol. The van der Waals surface area contributed by atoms with Crippen LogP contribution in [0.25, 0.3) is 0 Å². The molecule has 10 nitrogen and oxygen atoms in total. The Hall–Kier alpha value is 0.901. The lowest BCUT2D eigenvalue weighted by atomic mass is 11.8. The SMILES string of the molecule is CO[Si]1(C)O[Si](C)(C)O[Si]2(C)O[Si](C)(C)O[Si](O)(OC)O[Si](C)(O1)O2. The molecule has 1 N–H and O–H groups in total. The van der Waals surface area contributed by atoms with Crippen LogP contribution in [0.3, 0.4) is 0 Å². The van der Waals surface area contributed by atoms with Gasteiger partial charge in [0, 0.05) is 33.9 Å². The standard InChI is InChI=1S/C9H28O10Si6/c1-11-22(7)13-20(3,4)14-23(8)15-21(5,6)16-25(10,12-2)19-24(9,17-22)18-23/h10H,1-9H3. The summed E-state index contributed by atoms with van der Waals surface area (Å²) < 4.78 is 53.2. The molecule has 2 saturated heterocycles. The zero-order chi connectivity index (χ0) is 19.4. The summed E-state index contributed by atoms with van der Waals surface area (Å²) >= 11 is 0. The van der Waals surface area contributed by atoms with E-state index in [4.69, 9.17) is 37.7 Å². The largest absolute Gasteiger partial charge is 0.660 e. The highest BCUT2D eigenvalue weighted by molar-refractivity contribution is 6.94. The summed E-state index contributed by atoms with van der Waals surface area (Å²) in [4.78, 5) is 10.7. The Morgan fingerprint density at radius 2 is 1.04 bits per heavy atom. The van der Waals surface area contributed by atoms with Gasteiger partial charge >= 0.3 is 52.6 Å². The summed E-state index contributed by atoms with van der Waals surface area (Å²) in [6.07, 6.45) is 0. The molecule has 0 spiro atoms. The molecule has 0 aromatic heterocycles. The molecule has 2 rings (SSSR count). The molecule has 2 fully saturated rings. The number of rotatable bonds is 2. The second kappa shape index (κ2) is 6.75. The molecule has 0 aromatic carbocycles. The van der Waals surface area contributed by atoms with Crippen LogP contribution in [-0.4, -0.2) is 71.6 Å². The van der Waals surface area contributed by atoms with Crippen molar-refractivity contribution in [2.24, 2.45) is 0 Å². The fourth-order valence-electron chi connectivity index (χ4n) is 2.93. The van der Waals surface area contributed by atoms with E-state index in [1.807, 2.05) is 13.1 Å². The van der Waals surface area contributed by atoms with E-state index in [9.17, 15) is 4.80 Å². The maximum absolute atomic E-state index is 10.7. The predicted octanol–water partition coefficient (Wildman–Crippen LogP) is 0.960. The normalized spacial score (nSPS) is 47.3. The molecule has 2 heterocycles. The zero-order valence-electron chi connectivity index (χ0n) is 16.1. The van der Waals surface area contributed by atoms with Crippen molar-refractivity contribution in [2.75, 3.05) is 14.2 Å². The third kappa shape index (κ3) is 5.46. The molecule has 2 aliphatic heterocycles. The summed E-state index contributed by atoms with van der Waals surface area (Å²) in [5, 5.41) is 0. The first-order valence-electron chi connectivity index (χ1n) is 7.81. The third-order valence-corrected chi connectivity index (χ3v) is 26.4. The molecule has 16 heteroatoms. The fraction of sp³-hybridized carbons (Fsp3) is 1.00. The van der Waals surface area contributed by atoms with Crippen LogP contribution < -0.4 is 0 Å². The van der Waals surface area contributed by atoms with Crippen molar-refractivity contribution in [3.8, 4) is 0 Å². The highest BCUT2D eigenvalue weighted by atomic mass is 28.6. The molecular weight excluding hydrogens is 437 g/mol. The van der Waals surface area contributed by atoms with E-state index in [0.29, 0.717) is 0 Å². The molecule has 4 unspecified atom stereocenters. The quantitative estimate of drug-likeness (QED) is 0.594. The van der Waals surface area contributed by atoms with Crippen LogP contribution >= 0.6 is 0 Å². The minimum absolute atomic E-state index is 1.31. The van der Waals surface area contributed by atoms with Crippen LogP contribution in [0.4, 0.5) is 0 Å². The van der Waals surface area contributed by atoms with Gasteiger partial charge in [-0.2, -0.15) is 0 Å². The van der Waals surface area contributed by atoms with Crippen molar-refractivity contribution in [1.29, 1.82) is 0 Å². The van der Waals surface area contributed by atoms with E-state index >= 15 is 0 Å². The Balaban J connectivity index is 2.51. The highest BCUT2D eigenvalue weighted by Crippen LogP contribution is 2.37. The highest BCUT2D eigenvalue weighted by Gasteiger charge is 2.67. The minimum Gasteiger partial charge on any atom is -0.395 e. The lowest BCUT2D eigenvalue weighted by Crippen LogP contribution is -2.75. The van der Waals surface area contributed by atoms with Crippen molar-refractivity contribution in [1.82, 2.24) is 0 Å². The van der Waals surface area contributed by atoms with Crippen LogP contribution in [0.2, 0.25) is 45.8 Å². The van der Waals surface area contributed by atoms with Gasteiger partial charge in [-0.25, -0.2) is 0 Å². The summed E-state index contributed by atoms with van der Waals surface area (Å²) in [5.41, 5.74) is 0. The Morgan fingerprint density at radius 1 is 0.560 bits per heavy atom. The average molecular weight is 465 g/mol. The van der Waals surface area contributed by atoms with Gasteiger partial charge in [0.25, 0.3) is 0 Å². The van der Waals surface area contributed by atoms with Crippen LogP contribution in [0.1, 0.15) is 0 Å². The Labute approximate surface area is 155 Å². The van der Waals surface area contributed by atoms with Crippen molar-refractivity contribution in [3.05, 3.63) is 0 Å². The minimum atomic E-state index is -4.03.